The van der Waals surface area contributed by atoms with Gasteiger partial charge in [0.05, 0.1) is 23.5 Å². The summed E-state index contributed by atoms with van der Waals surface area (Å²) in [5, 5.41) is 2.79. The minimum Gasteiger partial charge on any atom is -0.462 e. The van der Waals surface area contributed by atoms with E-state index in [9.17, 15) is 9.59 Å². The molecule has 0 aliphatic carbocycles. The van der Waals surface area contributed by atoms with Crippen LogP contribution >= 0.6 is 0 Å². The summed E-state index contributed by atoms with van der Waals surface area (Å²) in [6.07, 6.45) is 3.01. The maximum Gasteiger partial charge on any atom is 0.338 e. The number of nitrogens with one attached hydrogen (secondary N) is 1. The molecule has 1 aliphatic heterocycles. The highest BCUT2D eigenvalue weighted by Crippen LogP contribution is 2.25. The third-order valence-electron chi connectivity index (χ3n) is 3.97. The van der Waals surface area contributed by atoms with Crippen LogP contribution in [0.4, 0.5) is 11.4 Å². The quantitative estimate of drug-likeness (QED) is 0.638. The molecule has 1 heterocycles. The number of benzene rings is 2. The molecule has 0 fully saturated rings. The summed E-state index contributed by atoms with van der Waals surface area (Å²) >= 11 is 0. The lowest BCUT2D eigenvalue weighted by atomic mass is 10.1. The molecule has 0 unspecified atom stereocenters. The highest BCUT2D eigenvalue weighted by atomic mass is 16.5. The standard InChI is InChI=1S/C20H20N2O3/c1-2-3-6-13-25-20(24)14-9-11-15(12-10-14)21-18-16-7-4-5-8-17(16)22-19(18)23/h4-5,7-12H,2-3,6,13H2,1H3,(H,21,22,23). The van der Waals surface area contributed by atoms with Crippen molar-refractivity contribution in [2.45, 2.75) is 26.2 Å². The number of aliphatic imine (C=N–C) groups is 1. The third-order valence-corrected chi connectivity index (χ3v) is 3.97. The van der Waals surface area contributed by atoms with Crippen LogP contribution in [0.5, 0.6) is 0 Å². The molecule has 5 nitrogen and oxygen atoms in total. The van der Waals surface area contributed by atoms with E-state index >= 15 is 0 Å². The molecule has 1 amide bonds. The summed E-state index contributed by atoms with van der Waals surface area (Å²) < 4.78 is 5.23. The first kappa shape index (κ1) is 16.9. The fourth-order valence-corrected chi connectivity index (χ4v) is 2.61. The number of carbonyl (C=O) groups is 2. The van der Waals surface area contributed by atoms with Gasteiger partial charge in [0.1, 0.15) is 5.71 Å². The average molecular weight is 336 g/mol. The number of ether oxygens (including phenoxy) is 1. The normalized spacial score (nSPS) is 14.3. The van der Waals surface area contributed by atoms with Gasteiger partial charge in [-0.05, 0) is 36.8 Å². The van der Waals surface area contributed by atoms with Crippen molar-refractivity contribution >= 4 is 29.0 Å². The molecule has 0 saturated heterocycles. The number of unbranched alkanes of at least 4 members (excludes halogenated alkanes) is 2. The van der Waals surface area contributed by atoms with Gasteiger partial charge in [0, 0.05) is 5.56 Å². The molecule has 0 radical (unpaired) electrons. The van der Waals surface area contributed by atoms with E-state index in [-0.39, 0.29) is 11.9 Å². The van der Waals surface area contributed by atoms with Gasteiger partial charge in [0.2, 0.25) is 0 Å². The monoisotopic (exact) mass is 336 g/mol. The molecular weight excluding hydrogens is 316 g/mol. The zero-order valence-corrected chi connectivity index (χ0v) is 14.1. The van der Waals surface area contributed by atoms with Crippen molar-refractivity contribution in [3.63, 3.8) is 0 Å². The Morgan fingerprint density at radius 2 is 1.84 bits per heavy atom. The number of carbonyl (C=O) groups excluding carboxylic acids is 2. The van der Waals surface area contributed by atoms with E-state index in [1.165, 1.54) is 0 Å². The smallest absolute Gasteiger partial charge is 0.338 e. The molecule has 0 aromatic heterocycles. The second kappa shape index (κ2) is 7.75. The summed E-state index contributed by atoms with van der Waals surface area (Å²) in [5.74, 6) is -0.556. The zero-order chi connectivity index (χ0) is 17.6. The Balaban J connectivity index is 1.71. The Bertz CT molecular complexity index is 810. The molecule has 0 saturated carbocycles. The van der Waals surface area contributed by atoms with E-state index in [2.05, 4.69) is 17.2 Å². The van der Waals surface area contributed by atoms with Gasteiger partial charge in [-0.15, -0.1) is 0 Å². The molecule has 2 aromatic carbocycles. The molecule has 3 rings (SSSR count). The SMILES string of the molecule is CCCCCOC(=O)c1ccc(N=C2C(=O)Nc3ccccc32)cc1. The molecule has 25 heavy (non-hydrogen) atoms. The molecule has 5 heteroatoms. The third kappa shape index (κ3) is 3.94. The lowest BCUT2D eigenvalue weighted by Gasteiger charge is -2.04. The van der Waals surface area contributed by atoms with Crippen molar-refractivity contribution in [2.24, 2.45) is 4.99 Å². The van der Waals surface area contributed by atoms with Crippen molar-refractivity contribution in [2.75, 3.05) is 11.9 Å². The van der Waals surface area contributed by atoms with Crippen molar-refractivity contribution in [3.8, 4) is 0 Å². The Kier molecular flexibility index (Phi) is 5.23. The van der Waals surface area contributed by atoms with Crippen LogP contribution in [0, 0.1) is 0 Å². The predicted octanol–water partition coefficient (Wildman–Crippen LogP) is 4.11. The highest BCUT2D eigenvalue weighted by molar-refractivity contribution is 6.54. The molecular formula is C20H20N2O3. The van der Waals surface area contributed by atoms with Crippen LogP contribution in [0.25, 0.3) is 0 Å². The topological polar surface area (TPSA) is 67.8 Å². The van der Waals surface area contributed by atoms with Crippen molar-refractivity contribution in [3.05, 3.63) is 59.7 Å². The molecule has 2 aromatic rings. The molecule has 0 bridgehead atoms. The molecule has 0 spiro atoms. The molecule has 0 atom stereocenters. The van der Waals surface area contributed by atoms with E-state index in [0.717, 1.165) is 30.5 Å². The van der Waals surface area contributed by atoms with Crippen LogP contribution in [0.15, 0.2) is 53.5 Å². The molecule has 128 valence electrons. The van der Waals surface area contributed by atoms with Crippen molar-refractivity contribution in [1.82, 2.24) is 0 Å². The van der Waals surface area contributed by atoms with Crippen LogP contribution in [-0.2, 0) is 9.53 Å². The molecule has 1 N–H and O–H groups in total. The van der Waals surface area contributed by atoms with Gasteiger partial charge < -0.3 is 10.1 Å². The molecule has 1 aliphatic rings. The number of amides is 1. The van der Waals surface area contributed by atoms with E-state index in [4.69, 9.17) is 4.74 Å². The predicted molar refractivity (Wildman–Crippen MR) is 97.5 cm³/mol. The summed E-state index contributed by atoms with van der Waals surface area (Å²) in [4.78, 5) is 28.4. The number of hydrogen-bond acceptors (Lipinski definition) is 4. The van der Waals surface area contributed by atoms with Crippen molar-refractivity contribution in [1.29, 1.82) is 0 Å². The van der Waals surface area contributed by atoms with E-state index in [1.807, 2.05) is 24.3 Å². The summed E-state index contributed by atoms with van der Waals surface area (Å²) in [6, 6.07) is 14.2. The Labute approximate surface area is 146 Å². The van der Waals surface area contributed by atoms with Gasteiger partial charge in [-0.2, -0.15) is 0 Å². The summed E-state index contributed by atoms with van der Waals surface area (Å²) in [7, 11) is 0. The van der Waals surface area contributed by atoms with Crippen LogP contribution < -0.4 is 5.32 Å². The number of esters is 1. The Hall–Kier alpha value is -2.95. The first-order valence-electron chi connectivity index (χ1n) is 8.45. The average Bonchev–Trinajstić information content (AvgIpc) is 2.95. The number of nitrogens with zero attached hydrogens (tertiary/aromatic N) is 1. The lowest BCUT2D eigenvalue weighted by Crippen LogP contribution is -2.13. The summed E-state index contributed by atoms with van der Waals surface area (Å²) in [6.45, 7) is 2.54. The fraction of sp³-hybridized carbons (Fsp3) is 0.250. The second-order valence-electron chi connectivity index (χ2n) is 5.85. The highest BCUT2D eigenvalue weighted by Gasteiger charge is 2.25. The van der Waals surface area contributed by atoms with Gasteiger partial charge >= 0.3 is 5.97 Å². The first-order chi connectivity index (χ1) is 12.2. The number of fused-ring (bicyclic) bond motifs is 1. The summed E-state index contributed by atoms with van der Waals surface area (Å²) in [5.41, 5.74) is 3.03. The minimum atomic E-state index is -0.334. The van der Waals surface area contributed by atoms with Crippen molar-refractivity contribution < 1.29 is 14.3 Å². The lowest BCUT2D eigenvalue weighted by molar-refractivity contribution is -0.110. The van der Waals surface area contributed by atoms with E-state index < -0.39 is 0 Å². The first-order valence-corrected chi connectivity index (χ1v) is 8.45. The Morgan fingerprint density at radius 1 is 1.08 bits per heavy atom. The number of anilines is 1. The van der Waals surface area contributed by atoms with Crippen LogP contribution in [0.1, 0.15) is 42.1 Å². The van der Waals surface area contributed by atoms with Gasteiger partial charge in [-0.25, -0.2) is 9.79 Å². The number of para-hydroxylation sites is 1. The van der Waals surface area contributed by atoms with E-state index in [0.29, 0.717) is 23.6 Å². The van der Waals surface area contributed by atoms with Crippen LogP contribution in [-0.4, -0.2) is 24.2 Å². The minimum absolute atomic E-state index is 0.222. The fourth-order valence-electron chi connectivity index (χ4n) is 2.61. The van der Waals surface area contributed by atoms with Crippen LogP contribution in [0.3, 0.4) is 0 Å². The van der Waals surface area contributed by atoms with Gasteiger partial charge in [-0.1, -0.05) is 38.0 Å². The number of rotatable bonds is 6. The Morgan fingerprint density at radius 3 is 2.60 bits per heavy atom. The van der Waals surface area contributed by atoms with Gasteiger partial charge in [-0.3, -0.25) is 4.79 Å². The largest absolute Gasteiger partial charge is 0.462 e. The van der Waals surface area contributed by atoms with Gasteiger partial charge in [0.25, 0.3) is 5.91 Å². The maximum absolute atomic E-state index is 12.1. The van der Waals surface area contributed by atoms with E-state index in [1.54, 1.807) is 24.3 Å². The number of hydrogen-bond donors (Lipinski definition) is 1. The van der Waals surface area contributed by atoms with Gasteiger partial charge in [0.15, 0.2) is 0 Å². The maximum atomic E-state index is 12.1. The van der Waals surface area contributed by atoms with Crippen LogP contribution in [0.2, 0.25) is 0 Å². The zero-order valence-electron chi connectivity index (χ0n) is 14.1. The second-order valence-corrected chi connectivity index (χ2v) is 5.85.